The third-order valence-corrected chi connectivity index (χ3v) is 3.10. The fourth-order valence-electron chi connectivity index (χ4n) is 2.09. The lowest BCUT2D eigenvalue weighted by Gasteiger charge is -2.12. The van der Waals surface area contributed by atoms with Crippen molar-refractivity contribution in [2.24, 2.45) is 0 Å². The summed E-state index contributed by atoms with van der Waals surface area (Å²) in [6.07, 6.45) is 3.41. The van der Waals surface area contributed by atoms with Gasteiger partial charge in [-0.3, -0.25) is 4.79 Å². The standard InChI is InChI=1S/C15H20N2O2/c1-2-3-9-19-10-8-16-15(18)14-11-12-6-4-5-7-13(12)17-14/h2,4-7,14,17H,1,3,8-11H2,(H,16,18). The van der Waals surface area contributed by atoms with Crippen LogP contribution in [-0.2, 0) is 16.0 Å². The summed E-state index contributed by atoms with van der Waals surface area (Å²) in [5.74, 6) is 0.0310. The van der Waals surface area contributed by atoms with Crippen molar-refractivity contribution in [3.05, 3.63) is 42.5 Å². The van der Waals surface area contributed by atoms with Crippen LogP contribution in [0.25, 0.3) is 0 Å². The van der Waals surface area contributed by atoms with Gasteiger partial charge in [-0.25, -0.2) is 0 Å². The number of amides is 1. The predicted octanol–water partition coefficient (Wildman–Crippen LogP) is 1.73. The summed E-state index contributed by atoms with van der Waals surface area (Å²) in [4.78, 5) is 12.0. The first-order chi connectivity index (χ1) is 9.31. The van der Waals surface area contributed by atoms with E-state index >= 15 is 0 Å². The van der Waals surface area contributed by atoms with Crippen LogP contribution in [0.3, 0.4) is 0 Å². The number of fused-ring (bicyclic) bond motifs is 1. The molecule has 1 aliphatic rings. The first-order valence-electron chi connectivity index (χ1n) is 6.62. The molecule has 4 nitrogen and oxygen atoms in total. The normalized spacial score (nSPS) is 16.5. The van der Waals surface area contributed by atoms with Crippen LogP contribution in [0.4, 0.5) is 5.69 Å². The first kappa shape index (κ1) is 13.6. The highest BCUT2D eigenvalue weighted by Gasteiger charge is 2.25. The van der Waals surface area contributed by atoms with Gasteiger partial charge in [0.15, 0.2) is 0 Å². The van der Waals surface area contributed by atoms with Gasteiger partial charge in [-0.05, 0) is 18.1 Å². The van der Waals surface area contributed by atoms with Gasteiger partial charge >= 0.3 is 0 Å². The van der Waals surface area contributed by atoms with E-state index in [0.717, 1.165) is 18.5 Å². The fourth-order valence-corrected chi connectivity index (χ4v) is 2.09. The third-order valence-electron chi connectivity index (χ3n) is 3.10. The van der Waals surface area contributed by atoms with Crippen molar-refractivity contribution in [3.63, 3.8) is 0 Å². The zero-order chi connectivity index (χ0) is 13.5. The molecule has 0 aliphatic carbocycles. The molecule has 1 heterocycles. The second kappa shape index (κ2) is 6.95. The Bertz CT molecular complexity index is 421. The van der Waals surface area contributed by atoms with Gasteiger partial charge < -0.3 is 15.4 Å². The Morgan fingerprint density at radius 2 is 2.32 bits per heavy atom. The van der Waals surface area contributed by atoms with Crippen LogP contribution in [0, 0.1) is 0 Å². The Balaban J connectivity index is 1.67. The molecule has 0 spiro atoms. The second-order valence-corrected chi connectivity index (χ2v) is 4.54. The van der Waals surface area contributed by atoms with Crippen LogP contribution in [0.5, 0.6) is 0 Å². The number of ether oxygens (including phenoxy) is 1. The van der Waals surface area contributed by atoms with Crippen molar-refractivity contribution in [1.29, 1.82) is 0 Å². The maximum atomic E-state index is 12.0. The molecule has 19 heavy (non-hydrogen) atoms. The molecular formula is C15H20N2O2. The van der Waals surface area contributed by atoms with Crippen molar-refractivity contribution in [2.75, 3.05) is 25.1 Å². The van der Waals surface area contributed by atoms with Gasteiger partial charge in [-0.15, -0.1) is 6.58 Å². The molecule has 1 aromatic rings. The Morgan fingerprint density at radius 3 is 3.11 bits per heavy atom. The summed E-state index contributed by atoms with van der Waals surface area (Å²) >= 11 is 0. The van der Waals surface area contributed by atoms with Gasteiger partial charge in [0, 0.05) is 18.7 Å². The molecule has 2 rings (SSSR count). The van der Waals surface area contributed by atoms with Crippen molar-refractivity contribution < 1.29 is 9.53 Å². The van der Waals surface area contributed by atoms with Crippen LogP contribution in [0.2, 0.25) is 0 Å². The molecule has 2 N–H and O–H groups in total. The Hall–Kier alpha value is -1.81. The average molecular weight is 260 g/mol. The molecule has 0 aromatic heterocycles. The van der Waals surface area contributed by atoms with Gasteiger partial charge in [0.2, 0.25) is 5.91 Å². The van der Waals surface area contributed by atoms with Crippen molar-refractivity contribution in [2.45, 2.75) is 18.9 Å². The molecule has 1 unspecified atom stereocenters. The van der Waals surface area contributed by atoms with Gasteiger partial charge in [0.25, 0.3) is 0 Å². The van der Waals surface area contributed by atoms with E-state index in [4.69, 9.17) is 4.74 Å². The molecule has 0 fully saturated rings. The number of hydrogen-bond donors (Lipinski definition) is 2. The van der Waals surface area contributed by atoms with Gasteiger partial charge in [0.1, 0.15) is 6.04 Å². The number of carbonyl (C=O) groups excluding carboxylic acids is 1. The lowest BCUT2D eigenvalue weighted by Crippen LogP contribution is -2.39. The molecular weight excluding hydrogens is 240 g/mol. The van der Waals surface area contributed by atoms with E-state index in [0.29, 0.717) is 19.8 Å². The van der Waals surface area contributed by atoms with E-state index < -0.39 is 0 Å². The summed E-state index contributed by atoms with van der Waals surface area (Å²) in [5, 5.41) is 6.11. The average Bonchev–Trinajstić information content (AvgIpc) is 2.86. The number of rotatable bonds is 7. The van der Waals surface area contributed by atoms with Crippen LogP contribution in [-0.4, -0.2) is 31.7 Å². The Labute approximate surface area is 113 Å². The molecule has 0 radical (unpaired) electrons. The summed E-state index contributed by atoms with van der Waals surface area (Å²) < 4.78 is 5.34. The van der Waals surface area contributed by atoms with Gasteiger partial charge in [0.05, 0.1) is 13.2 Å². The maximum Gasteiger partial charge on any atom is 0.242 e. The SMILES string of the molecule is C=CCCOCCNC(=O)C1Cc2ccccc2N1. The number of hydrogen-bond acceptors (Lipinski definition) is 3. The molecule has 0 bridgehead atoms. The second-order valence-electron chi connectivity index (χ2n) is 4.54. The number of para-hydroxylation sites is 1. The molecule has 102 valence electrons. The summed E-state index contributed by atoms with van der Waals surface area (Å²) in [5.41, 5.74) is 2.26. The number of carbonyl (C=O) groups is 1. The number of benzene rings is 1. The highest BCUT2D eigenvalue weighted by Crippen LogP contribution is 2.24. The minimum atomic E-state index is -0.162. The zero-order valence-electron chi connectivity index (χ0n) is 11.0. The number of anilines is 1. The molecule has 1 atom stereocenters. The minimum Gasteiger partial charge on any atom is -0.379 e. The van der Waals surface area contributed by atoms with Gasteiger partial charge in [-0.1, -0.05) is 24.3 Å². The van der Waals surface area contributed by atoms with Gasteiger partial charge in [-0.2, -0.15) is 0 Å². The molecule has 1 amide bonds. The van der Waals surface area contributed by atoms with Crippen LogP contribution in [0.1, 0.15) is 12.0 Å². The quantitative estimate of drug-likeness (QED) is 0.580. The molecule has 4 heteroatoms. The molecule has 0 saturated heterocycles. The molecule has 0 saturated carbocycles. The van der Waals surface area contributed by atoms with Crippen LogP contribution in [0.15, 0.2) is 36.9 Å². The number of nitrogens with one attached hydrogen (secondary N) is 2. The first-order valence-corrected chi connectivity index (χ1v) is 6.62. The van der Waals surface area contributed by atoms with Crippen molar-refractivity contribution in [1.82, 2.24) is 5.32 Å². The predicted molar refractivity (Wildman–Crippen MR) is 76.2 cm³/mol. The fraction of sp³-hybridized carbons (Fsp3) is 0.400. The summed E-state index contributed by atoms with van der Waals surface area (Å²) in [6.45, 7) is 5.37. The Kier molecular flexibility index (Phi) is 4.98. The highest BCUT2D eigenvalue weighted by atomic mass is 16.5. The highest BCUT2D eigenvalue weighted by molar-refractivity contribution is 5.87. The van der Waals surface area contributed by atoms with Crippen molar-refractivity contribution in [3.8, 4) is 0 Å². The van der Waals surface area contributed by atoms with Crippen LogP contribution < -0.4 is 10.6 Å². The smallest absolute Gasteiger partial charge is 0.242 e. The molecule has 1 aliphatic heterocycles. The van der Waals surface area contributed by atoms with E-state index in [9.17, 15) is 4.79 Å². The zero-order valence-corrected chi connectivity index (χ0v) is 11.0. The van der Waals surface area contributed by atoms with E-state index in [-0.39, 0.29) is 11.9 Å². The monoisotopic (exact) mass is 260 g/mol. The van der Waals surface area contributed by atoms with Crippen LogP contribution >= 0.6 is 0 Å². The topological polar surface area (TPSA) is 50.4 Å². The summed E-state index contributed by atoms with van der Waals surface area (Å²) in [7, 11) is 0. The lowest BCUT2D eigenvalue weighted by atomic mass is 10.1. The maximum absolute atomic E-state index is 12.0. The van der Waals surface area contributed by atoms with Crippen molar-refractivity contribution >= 4 is 11.6 Å². The van der Waals surface area contributed by atoms with E-state index in [2.05, 4.69) is 17.2 Å². The van der Waals surface area contributed by atoms with E-state index in [1.807, 2.05) is 30.3 Å². The van der Waals surface area contributed by atoms with E-state index in [1.54, 1.807) is 0 Å². The Morgan fingerprint density at radius 1 is 1.47 bits per heavy atom. The lowest BCUT2D eigenvalue weighted by molar-refractivity contribution is -0.121. The summed E-state index contributed by atoms with van der Waals surface area (Å²) in [6, 6.07) is 7.86. The minimum absolute atomic E-state index is 0.0310. The molecule has 1 aromatic carbocycles. The third kappa shape index (κ3) is 3.83. The van der Waals surface area contributed by atoms with E-state index in [1.165, 1.54) is 5.56 Å². The largest absolute Gasteiger partial charge is 0.379 e.